The van der Waals surface area contributed by atoms with Gasteiger partial charge in [-0.2, -0.15) is 0 Å². The van der Waals surface area contributed by atoms with Crippen molar-refractivity contribution in [2.75, 3.05) is 19.6 Å². The Bertz CT molecular complexity index is 425. The highest BCUT2D eigenvalue weighted by Crippen LogP contribution is 2.37. The lowest BCUT2D eigenvalue weighted by atomic mass is 9.80. The average Bonchev–Trinajstić information content (AvgIpc) is 2.82. The Labute approximate surface area is 115 Å². The lowest BCUT2D eigenvalue weighted by Gasteiger charge is -2.30. The van der Waals surface area contributed by atoms with E-state index in [-0.39, 0.29) is 11.9 Å². The van der Waals surface area contributed by atoms with Crippen molar-refractivity contribution in [1.82, 2.24) is 4.90 Å². The van der Waals surface area contributed by atoms with E-state index in [2.05, 4.69) is 25.7 Å². The van der Waals surface area contributed by atoms with Gasteiger partial charge in [0.2, 0.25) is 0 Å². The molecule has 1 heterocycles. The molecular formula is C16H25FN2. The number of nitrogens with zero attached hydrogens (tertiary/aromatic N) is 1. The topological polar surface area (TPSA) is 29.3 Å². The first-order valence-corrected chi connectivity index (χ1v) is 7.12. The monoisotopic (exact) mass is 264 g/mol. The quantitative estimate of drug-likeness (QED) is 0.908. The van der Waals surface area contributed by atoms with Crippen molar-refractivity contribution in [3.63, 3.8) is 0 Å². The molecule has 2 N–H and O–H groups in total. The van der Waals surface area contributed by atoms with E-state index in [1.165, 1.54) is 12.5 Å². The Morgan fingerprint density at radius 2 is 2.05 bits per heavy atom. The molecule has 1 fully saturated rings. The van der Waals surface area contributed by atoms with Crippen LogP contribution in [0.15, 0.2) is 24.3 Å². The molecule has 19 heavy (non-hydrogen) atoms. The summed E-state index contributed by atoms with van der Waals surface area (Å²) in [6.07, 6.45) is 1.18. The van der Waals surface area contributed by atoms with Crippen LogP contribution in [0.3, 0.4) is 0 Å². The SMILES string of the molecule is CC(C)(C)C1CCN(C(CN)c2ccccc2F)C1. The lowest BCUT2D eigenvalue weighted by Crippen LogP contribution is -2.34. The van der Waals surface area contributed by atoms with Gasteiger partial charge in [-0.1, -0.05) is 39.0 Å². The second kappa shape index (κ2) is 5.59. The molecule has 0 radical (unpaired) electrons. The number of hydrogen-bond acceptors (Lipinski definition) is 2. The first kappa shape index (κ1) is 14.5. The van der Waals surface area contributed by atoms with E-state index < -0.39 is 0 Å². The number of halogens is 1. The maximum absolute atomic E-state index is 13.9. The van der Waals surface area contributed by atoms with Crippen LogP contribution in [0.25, 0.3) is 0 Å². The zero-order valence-corrected chi connectivity index (χ0v) is 12.2. The zero-order valence-electron chi connectivity index (χ0n) is 12.2. The second-order valence-corrected chi connectivity index (χ2v) is 6.62. The van der Waals surface area contributed by atoms with Gasteiger partial charge in [0.25, 0.3) is 0 Å². The van der Waals surface area contributed by atoms with Crippen molar-refractivity contribution in [2.24, 2.45) is 17.1 Å². The molecule has 1 aliphatic rings. The van der Waals surface area contributed by atoms with E-state index in [0.717, 1.165) is 18.7 Å². The number of rotatable bonds is 3. The molecule has 1 aromatic rings. The van der Waals surface area contributed by atoms with Crippen molar-refractivity contribution in [3.05, 3.63) is 35.6 Å². The Balaban J connectivity index is 2.15. The average molecular weight is 264 g/mol. The molecule has 1 aromatic carbocycles. The highest BCUT2D eigenvalue weighted by Gasteiger charge is 2.35. The second-order valence-electron chi connectivity index (χ2n) is 6.62. The van der Waals surface area contributed by atoms with Gasteiger partial charge in [0.1, 0.15) is 5.82 Å². The molecule has 1 saturated heterocycles. The molecule has 0 aliphatic carbocycles. The predicted octanol–water partition coefficient (Wildman–Crippen LogP) is 3.19. The Hall–Kier alpha value is -0.930. The molecule has 0 spiro atoms. The third kappa shape index (κ3) is 3.15. The molecule has 0 bridgehead atoms. The minimum atomic E-state index is -0.142. The number of benzene rings is 1. The van der Waals surface area contributed by atoms with Crippen molar-refractivity contribution < 1.29 is 4.39 Å². The van der Waals surface area contributed by atoms with Crippen LogP contribution in [0.2, 0.25) is 0 Å². The van der Waals surface area contributed by atoms with Crippen molar-refractivity contribution in [1.29, 1.82) is 0 Å². The summed E-state index contributed by atoms with van der Waals surface area (Å²) >= 11 is 0. The molecule has 1 aliphatic heterocycles. The number of nitrogens with two attached hydrogens (primary N) is 1. The summed E-state index contributed by atoms with van der Waals surface area (Å²) in [5.74, 6) is 0.519. The molecule has 2 rings (SSSR count). The lowest BCUT2D eigenvalue weighted by molar-refractivity contribution is 0.195. The molecular weight excluding hydrogens is 239 g/mol. The first-order chi connectivity index (χ1) is 8.93. The van der Waals surface area contributed by atoms with Gasteiger partial charge in [0.15, 0.2) is 0 Å². The maximum Gasteiger partial charge on any atom is 0.128 e. The summed E-state index contributed by atoms with van der Waals surface area (Å²) in [5.41, 5.74) is 6.94. The fourth-order valence-electron chi connectivity index (χ4n) is 3.00. The molecule has 106 valence electrons. The van der Waals surface area contributed by atoms with Gasteiger partial charge < -0.3 is 5.73 Å². The molecule has 2 atom stereocenters. The van der Waals surface area contributed by atoms with Crippen molar-refractivity contribution in [2.45, 2.75) is 33.2 Å². The van der Waals surface area contributed by atoms with Crippen molar-refractivity contribution in [3.8, 4) is 0 Å². The fraction of sp³-hybridized carbons (Fsp3) is 0.625. The smallest absolute Gasteiger partial charge is 0.128 e. The highest BCUT2D eigenvalue weighted by molar-refractivity contribution is 5.22. The van der Waals surface area contributed by atoms with Crippen LogP contribution in [0.1, 0.15) is 38.8 Å². The molecule has 0 aromatic heterocycles. The molecule has 2 unspecified atom stereocenters. The summed E-state index contributed by atoms with van der Waals surface area (Å²) < 4.78 is 13.9. The highest BCUT2D eigenvalue weighted by atomic mass is 19.1. The first-order valence-electron chi connectivity index (χ1n) is 7.12. The summed E-state index contributed by atoms with van der Waals surface area (Å²) in [5, 5.41) is 0. The standard InChI is InChI=1S/C16H25FN2/c1-16(2,3)12-8-9-19(11-12)15(10-18)13-6-4-5-7-14(13)17/h4-7,12,15H,8-11,18H2,1-3H3. The summed E-state index contributed by atoms with van der Waals surface area (Å²) in [7, 11) is 0. The van der Waals surface area contributed by atoms with Crippen LogP contribution >= 0.6 is 0 Å². The van der Waals surface area contributed by atoms with E-state index in [4.69, 9.17) is 5.73 Å². The summed E-state index contributed by atoms with van der Waals surface area (Å²) in [6.45, 7) is 9.33. The van der Waals surface area contributed by atoms with Crippen LogP contribution in [0.5, 0.6) is 0 Å². The minimum absolute atomic E-state index is 0.00792. The minimum Gasteiger partial charge on any atom is -0.329 e. The maximum atomic E-state index is 13.9. The van der Waals surface area contributed by atoms with E-state index >= 15 is 0 Å². The zero-order chi connectivity index (χ0) is 14.0. The molecule has 3 heteroatoms. The van der Waals surface area contributed by atoms with Gasteiger partial charge in [-0.3, -0.25) is 4.90 Å². The van der Waals surface area contributed by atoms with Crippen LogP contribution in [-0.2, 0) is 0 Å². The number of hydrogen-bond donors (Lipinski definition) is 1. The van der Waals surface area contributed by atoms with Gasteiger partial charge in [0, 0.05) is 24.7 Å². The van der Waals surface area contributed by atoms with Crippen LogP contribution in [-0.4, -0.2) is 24.5 Å². The van der Waals surface area contributed by atoms with Crippen molar-refractivity contribution >= 4 is 0 Å². The van der Waals surface area contributed by atoms with Gasteiger partial charge in [-0.15, -0.1) is 0 Å². The van der Waals surface area contributed by atoms with Crippen LogP contribution in [0.4, 0.5) is 4.39 Å². The molecule has 0 amide bonds. The third-order valence-electron chi connectivity index (χ3n) is 4.37. The van der Waals surface area contributed by atoms with Gasteiger partial charge in [-0.05, 0) is 30.4 Å². The van der Waals surface area contributed by atoms with Crippen LogP contribution in [0, 0.1) is 17.2 Å². The van der Waals surface area contributed by atoms with E-state index in [1.807, 2.05) is 12.1 Å². The summed E-state index contributed by atoms with van der Waals surface area (Å²) in [6, 6.07) is 7.01. The van der Waals surface area contributed by atoms with Gasteiger partial charge >= 0.3 is 0 Å². The van der Waals surface area contributed by atoms with E-state index in [1.54, 1.807) is 6.07 Å². The molecule has 0 saturated carbocycles. The Morgan fingerprint density at radius 1 is 1.37 bits per heavy atom. The largest absolute Gasteiger partial charge is 0.329 e. The number of likely N-dealkylation sites (tertiary alicyclic amines) is 1. The predicted molar refractivity (Wildman–Crippen MR) is 77.3 cm³/mol. The molecule has 2 nitrogen and oxygen atoms in total. The van der Waals surface area contributed by atoms with Crippen LogP contribution < -0.4 is 5.73 Å². The van der Waals surface area contributed by atoms with Gasteiger partial charge in [-0.25, -0.2) is 4.39 Å². The Morgan fingerprint density at radius 3 is 2.58 bits per heavy atom. The van der Waals surface area contributed by atoms with E-state index in [9.17, 15) is 4.39 Å². The summed E-state index contributed by atoms with van der Waals surface area (Å²) in [4.78, 5) is 2.34. The van der Waals surface area contributed by atoms with Gasteiger partial charge in [0.05, 0.1) is 0 Å². The Kier molecular flexibility index (Phi) is 4.26. The fourth-order valence-corrected chi connectivity index (χ4v) is 3.00. The van der Waals surface area contributed by atoms with E-state index in [0.29, 0.717) is 17.9 Å². The third-order valence-corrected chi connectivity index (χ3v) is 4.37. The normalized spacial score (nSPS) is 22.7.